The molecule has 1 atom stereocenters. The van der Waals surface area contributed by atoms with Crippen molar-refractivity contribution in [1.29, 1.82) is 0 Å². The number of likely N-dealkylation sites (tertiary alicyclic amines) is 1. The second-order valence-corrected chi connectivity index (χ2v) is 4.94. The lowest BCUT2D eigenvalue weighted by Crippen LogP contribution is -2.48. The number of amides is 2. The number of carbonyl (C=O) groups excluding carboxylic acids is 2. The molecule has 6 nitrogen and oxygen atoms in total. The van der Waals surface area contributed by atoms with E-state index >= 15 is 0 Å². The maximum atomic E-state index is 12.3. The number of nitrogens with zero attached hydrogens (tertiary/aromatic N) is 1. The molecule has 0 aromatic heterocycles. The van der Waals surface area contributed by atoms with Gasteiger partial charge in [-0.2, -0.15) is 0 Å². The first-order chi connectivity index (χ1) is 9.51. The molecule has 1 aliphatic rings. The maximum absolute atomic E-state index is 12.3. The number of methoxy groups -OCH3 is 1. The zero-order chi connectivity index (χ0) is 14.7. The highest BCUT2D eigenvalue weighted by Crippen LogP contribution is 2.21. The first kappa shape index (κ1) is 14.2. The Morgan fingerprint density at radius 1 is 1.50 bits per heavy atom. The van der Waals surface area contributed by atoms with E-state index in [2.05, 4.69) is 5.32 Å². The van der Waals surface area contributed by atoms with Gasteiger partial charge in [0.05, 0.1) is 12.7 Å². The molecule has 1 unspecified atom stereocenters. The van der Waals surface area contributed by atoms with Gasteiger partial charge < -0.3 is 20.7 Å². The van der Waals surface area contributed by atoms with Crippen LogP contribution >= 0.6 is 0 Å². The van der Waals surface area contributed by atoms with Crippen LogP contribution in [0.1, 0.15) is 23.2 Å². The van der Waals surface area contributed by atoms with Crippen molar-refractivity contribution in [2.75, 3.05) is 26.4 Å². The van der Waals surface area contributed by atoms with Crippen LogP contribution in [0.5, 0.6) is 5.75 Å². The topological polar surface area (TPSA) is 84.7 Å². The summed E-state index contributed by atoms with van der Waals surface area (Å²) in [6, 6.07) is 4.89. The van der Waals surface area contributed by atoms with Gasteiger partial charge in [0.25, 0.3) is 5.91 Å². The Labute approximate surface area is 117 Å². The molecule has 2 amide bonds. The molecular weight excluding hydrogens is 258 g/mol. The van der Waals surface area contributed by atoms with Gasteiger partial charge in [0.2, 0.25) is 5.91 Å². The number of likely N-dealkylation sites (N-methyl/N-ethyl adjacent to an activating group) is 1. The van der Waals surface area contributed by atoms with E-state index in [4.69, 9.17) is 10.5 Å². The zero-order valence-corrected chi connectivity index (χ0v) is 11.7. The maximum Gasteiger partial charge on any atom is 0.255 e. The van der Waals surface area contributed by atoms with Gasteiger partial charge in [0, 0.05) is 31.7 Å². The van der Waals surface area contributed by atoms with Crippen molar-refractivity contribution in [3.05, 3.63) is 23.8 Å². The fourth-order valence-electron chi connectivity index (χ4n) is 2.30. The highest BCUT2D eigenvalue weighted by Gasteiger charge is 2.25. The number of rotatable bonds is 3. The quantitative estimate of drug-likeness (QED) is 0.794. The molecule has 1 heterocycles. The number of carbonyl (C=O) groups is 2. The predicted octanol–water partition coefficient (Wildman–Crippen LogP) is 0.628. The van der Waals surface area contributed by atoms with Crippen LogP contribution in [0, 0.1) is 0 Å². The molecule has 0 spiro atoms. The fourth-order valence-corrected chi connectivity index (χ4v) is 2.30. The van der Waals surface area contributed by atoms with Gasteiger partial charge in [-0.15, -0.1) is 0 Å². The summed E-state index contributed by atoms with van der Waals surface area (Å²) in [6.45, 7) is 0.523. The van der Waals surface area contributed by atoms with Gasteiger partial charge in [-0.3, -0.25) is 9.59 Å². The number of piperidine rings is 1. The average Bonchev–Trinajstić information content (AvgIpc) is 2.43. The van der Waals surface area contributed by atoms with Crippen LogP contribution in [0.2, 0.25) is 0 Å². The number of ether oxygens (including phenoxy) is 1. The Morgan fingerprint density at radius 2 is 2.25 bits per heavy atom. The van der Waals surface area contributed by atoms with Crippen molar-refractivity contribution in [2.45, 2.75) is 18.9 Å². The molecule has 1 saturated heterocycles. The minimum absolute atomic E-state index is 0.0451. The Hall–Kier alpha value is -2.24. The molecule has 108 valence electrons. The highest BCUT2D eigenvalue weighted by molar-refractivity contribution is 5.98. The van der Waals surface area contributed by atoms with E-state index in [9.17, 15) is 9.59 Å². The largest absolute Gasteiger partial charge is 0.496 e. The van der Waals surface area contributed by atoms with Crippen LogP contribution in [0.15, 0.2) is 18.2 Å². The number of hydrogen-bond donors (Lipinski definition) is 2. The second-order valence-electron chi connectivity index (χ2n) is 4.94. The van der Waals surface area contributed by atoms with Gasteiger partial charge in [-0.1, -0.05) is 0 Å². The monoisotopic (exact) mass is 277 g/mol. The Kier molecular flexibility index (Phi) is 4.12. The highest BCUT2D eigenvalue weighted by atomic mass is 16.5. The van der Waals surface area contributed by atoms with Gasteiger partial charge in [-0.05, 0) is 24.6 Å². The van der Waals surface area contributed by atoms with Crippen LogP contribution in [-0.4, -0.2) is 43.5 Å². The number of anilines is 1. The molecule has 1 fully saturated rings. The molecule has 6 heteroatoms. The Bertz CT molecular complexity index is 530. The average molecular weight is 277 g/mol. The number of nitrogen functional groups attached to an aromatic ring is 1. The van der Waals surface area contributed by atoms with E-state index in [0.29, 0.717) is 36.4 Å². The van der Waals surface area contributed by atoms with Crippen LogP contribution < -0.4 is 15.8 Å². The summed E-state index contributed by atoms with van der Waals surface area (Å²) in [5.74, 6) is 0.357. The summed E-state index contributed by atoms with van der Waals surface area (Å²) >= 11 is 0. The first-order valence-corrected chi connectivity index (χ1v) is 6.49. The molecule has 0 bridgehead atoms. The summed E-state index contributed by atoms with van der Waals surface area (Å²) < 4.78 is 5.17. The Balaban J connectivity index is 2.09. The van der Waals surface area contributed by atoms with Crippen molar-refractivity contribution < 1.29 is 14.3 Å². The lowest BCUT2D eigenvalue weighted by atomic mass is 10.0. The van der Waals surface area contributed by atoms with Gasteiger partial charge in [0.15, 0.2) is 0 Å². The van der Waals surface area contributed by atoms with Crippen LogP contribution in [-0.2, 0) is 4.79 Å². The third-order valence-electron chi connectivity index (χ3n) is 3.43. The SMILES string of the molecule is COc1ccc(N)cc1C(=O)NC1CCC(=O)N(C)C1. The summed E-state index contributed by atoms with van der Waals surface area (Å²) in [7, 11) is 3.25. The summed E-state index contributed by atoms with van der Waals surface area (Å²) in [6.07, 6.45) is 1.11. The smallest absolute Gasteiger partial charge is 0.255 e. The standard InChI is InChI=1S/C14H19N3O3/c1-17-8-10(4-6-13(17)18)16-14(19)11-7-9(15)3-5-12(11)20-2/h3,5,7,10H,4,6,8,15H2,1-2H3,(H,16,19). The molecule has 2 rings (SSSR count). The van der Waals surface area contributed by atoms with Crippen LogP contribution in [0.4, 0.5) is 5.69 Å². The molecular formula is C14H19N3O3. The van der Waals surface area contributed by atoms with E-state index in [0.717, 1.165) is 0 Å². The first-order valence-electron chi connectivity index (χ1n) is 6.49. The van der Waals surface area contributed by atoms with E-state index < -0.39 is 0 Å². The number of nitrogens with two attached hydrogens (primary N) is 1. The summed E-state index contributed by atoms with van der Waals surface area (Å²) in [5, 5.41) is 2.92. The van der Waals surface area contributed by atoms with Crippen molar-refractivity contribution in [2.24, 2.45) is 0 Å². The summed E-state index contributed by atoms with van der Waals surface area (Å²) in [4.78, 5) is 25.3. The van der Waals surface area contributed by atoms with Crippen LogP contribution in [0.25, 0.3) is 0 Å². The molecule has 0 aliphatic carbocycles. The molecule has 1 aliphatic heterocycles. The minimum Gasteiger partial charge on any atom is -0.496 e. The third-order valence-corrected chi connectivity index (χ3v) is 3.43. The van der Waals surface area contributed by atoms with E-state index in [-0.39, 0.29) is 17.9 Å². The lowest BCUT2D eigenvalue weighted by Gasteiger charge is -2.30. The van der Waals surface area contributed by atoms with Gasteiger partial charge in [-0.25, -0.2) is 0 Å². The zero-order valence-electron chi connectivity index (χ0n) is 11.7. The van der Waals surface area contributed by atoms with Crippen molar-refractivity contribution >= 4 is 17.5 Å². The second kappa shape index (κ2) is 5.81. The normalized spacial score (nSPS) is 18.8. The minimum atomic E-state index is -0.234. The summed E-state index contributed by atoms with van der Waals surface area (Å²) in [5.41, 5.74) is 6.62. The number of hydrogen-bond acceptors (Lipinski definition) is 4. The number of nitrogens with one attached hydrogen (secondary N) is 1. The molecule has 0 saturated carbocycles. The molecule has 1 aromatic carbocycles. The molecule has 20 heavy (non-hydrogen) atoms. The van der Waals surface area contributed by atoms with E-state index in [1.165, 1.54) is 7.11 Å². The van der Waals surface area contributed by atoms with Crippen molar-refractivity contribution in [3.63, 3.8) is 0 Å². The third kappa shape index (κ3) is 3.01. The predicted molar refractivity (Wildman–Crippen MR) is 75.5 cm³/mol. The van der Waals surface area contributed by atoms with Crippen molar-refractivity contribution in [1.82, 2.24) is 10.2 Å². The molecule has 1 aromatic rings. The van der Waals surface area contributed by atoms with Crippen LogP contribution in [0.3, 0.4) is 0 Å². The molecule has 3 N–H and O–H groups in total. The lowest BCUT2D eigenvalue weighted by molar-refractivity contribution is -0.132. The van der Waals surface area contributed by atoms with Gasteiger partial charge >= 0.3 is 0 Å². The van der Waals surface area contributed by atoms with Crippen molar-refractivity contribution in [3.8, 4) is 5.75 Å². The molecule has 0 radical (unpaired) electrons. The van der Waals surface area contributed by atoms with E-state index in [1.807, 2.05) is 0 Å². The number of benzene rings is 1. The van der Waals surface area contributed by atoms with E-state index in [1.54, 1.807) is 30.1 Å². The van der Waals surface area contributed by atoms with Gasteiger partial charge in [0.1, 0.15) is 5.75 Å². The Morgan fingerprint density at radius 3 is 2.90 bits per heavy atom. The fraction of sp³-hybridized carbons (Fsp3) is 0.429.